The molecule has 0 amide bonds. The highest BCUT2D eigenvalue weighted by molar-refractivity contribution is 5.96. The first-order valence-electron chi connectivity index (χ1n) is 6.22. The van der Waals surface area contributed by atoms with Crippen LogP contribution in [0.5, 0.6) is 5.75 Å². The number of benzene rings is 2. The largest absolute Gasteiger partial charge is 0.489 e. The Balaban J connectivity index is 1.96. The number of ether oxygens (including phenoxy) is 1. The Kier molecular flexibility index (Phi) is 4.51. The van der Waals surface area contributed by atoms with Crippen LogP contribution in [-0.4, -0.2) is 12.4 Å². The van der Waals surface area contributed by atoms with E-state index in [1.165, 1.54) is 0 Å². The summed E-state index contributed by atoms with van der Waals surface area (Å²) >= 11 is 0. The molecule has 0 aliphatic heterocycles. The zero-order chi connectivity index (χ0) is 13.5. The molecule has 0 unspecified atom stereocenters. The van der Waals surface area contributed by atoms with Gasteiger partial charge in [-0.05, 0) is 30.7 Å². The van der Waals surface area contributed by atoms with Crippen LogP contribution in [0.4, 0.5) is 0 Å². The van der Waals surface area contributed by atoms with Crippen LogP contribution < -0.4 is 4.74 Å². The molecule has 0 radical (unpaired) electrons. The third-order valence-electron chi connectivity index (χ3n) is 2.71. The first-order chi connectivity index (χ1) is 9.27. The van der Waals surface area contributed by atoms with Crippen LogP contribution in [0.25, 0.3) is 6.08 Å². The van der Waals surface area contributed by atoms with Gasteiger partial charge in [-0.25, -0.2) is 0 Å². The molecule has 0 fully saturated rings. The molecule has 0 saturated carbocycles. The fraction of sp³-hybridized carbons (Fsp3) is 0.118. The molecule has 96 valence electrons. The summed E-state index contributed by atoms with van der Waals surface area (Å²) in [6, 6.07) is 17.3. The maximum atomic E-state index is 11.4. The quantitative estimate of drug-likeness (QED) is 0.752. The Bertz CT molecular complexity index is 571. The number of hydrogen-bond acceptors (Lipinski definition) is 2. The Morgan fingerprint density at radius 3 is 2.47 bits per heavy atom. The van der Waals surface area contributed by atoms with E-state index in [1.54, 1.807) is 13.0 Å². The van der Waals surface area contributed by atoms with Gasteiger partial charge in [-0.2, -0.15) is 0 Å². The molecule has 0 atom stereocenters. The van der Waals surface area contributed by atoms with Crippen LogP contribution in [0.3, 0.4) is 0 Å². The lowest BCUT2D eigenvalue weighted by atomic mass is 10.1. The van der Waals surface area contributed by atoms with E-state index >= 15 is 0 Å². The third kappa shape index (κ3) is 3.81. The number of para-hydroxylation sites is 1. The molecule has 2 aromatic rings. The van der Waals surface area contributed by atoms with Crippen molar-refractivity contribution in [2.75, 3.05) is 6.61 Å². The average molecular weight is 252 g/mol. The fourth-order valence-electron chi connectivity index (χ4n) is 1.77. The lowest BCUT2D eigenvalue weighted by Crippen LogP contribution is -2.00. The van der Waals surface area contributed by atoms with Gasteiger partial charge in [-0.3, -0.25) is 4.79 Å². The Morgan fingerprint density at radius 2 is 1.74 bits per heavy atom. The van der Waals surface area contributed by atoms with Crippen molar-refractivity contribution in [1.29, 1.82) is 0 Å². The minimum absolute atomic E-state index is 0.0163. The summed E-state index contributed by atoms with van der Waals surface area (Å²) in [4.78, 5) is 11.4. The second-order valence-electron chi connectivity index (χ2n) is 4.18. The molecular formula is C17H16O2. The molecular weight excluding hydrogens is 236 g/mol. The van der Waals surface area contributed by atoms with Gasteiger partial charge in [0.15, 0.2) is 5.78 Å². The minimum atomic E-state index is 0.0163. The summed E-state index contributed by atoms with van der Waals surface area (Å²) in [6.45, 7) is 1.99. The van der Waals surface area contributed by atoms with Crippen molar-refractivity contribution in [1.82, 2.24) is 0 Å². The van der Waals surface area contributed by atoms with Crippen LogP contribution in [0, 0.1) is 0 Å². The zero-order valence-corrected chi connectivity index (χ0v) is 10.9. The predicted molar refractivity (Wildman–Crippen MR) is 77.4 cm³/mol. The summed E-state index contributed by atoms with van der Waals surface area (Å²) in [5.74, 6) is 0.648. The smallest absolute Gasteiger partial charge is 0.163 e. The van der Waals surface area contributed by atoms with Gasteiger partial charge in [-0.15, -0.1) is 0 Å². The van der Waals surface area contributed by atoms with E-state index in [0.29, 0.717) is 17.9 Å². The summed E-state index contributed by atoms with van der Waals surface area (Å²) in [7, 11) is 0. The highest BCUT2D eigenvalue weighted by Crippen LogP contribution is 2.18. The minimum Gasteiger partial charge on any atom is -0.489 e. The standard InChI is InChI=1S/C17H16O2/c1-14(18)16-11-5-6-12-17(16)19-13-7-10-15-8-3-2-4-9-15/h2-12H,13H2,1H3. The van der Waals surface area contributed by atoms with Gasteiger partial charge >= 0.3 is 0 Å². The molecule has 2 heteroatoms. The monoisotopic (exact) mass is 252 g/mol. The van der Waals surface area contributed by atoms with E-state index in [-0.39, 0.29) is 5.78 Å². The van der Waals surface area contributed by atoms with Crippen LogP contribution in [0.2, 0.25) is 0 Å². The molecule has 0 bridgehead atoms. The van der Waals surface area contributed by atoms with E-state index < -0.39 is 0 Å². The van der Waals surface area contributed by atoms with Crippen molar-refractivity contribution < 1.29 is 9.53 Å². The molecule has 0 spiro atoms. The number of carbonyl (C=O) groups is 1. The molecule has 0 aliphatic carbocycles. The molecule has 0 saturated heterocycles. The molecule has 0 aliphatic rings. The number of ketones is 1. The van der Waals surface area contributed by atoms with Crippen LogP contribution in [0.15, 0.2) is 60.7 Å². The van der Waals surface area contributed by atoms with Crippen molar-refractivity contribution in [3.8, 4) is 5.75 Å². The van der Waals surface area contributed by atoms with Gasteiger partial charge in [0.05, 0.1) is 5.56 Å². The Hall–Kier alpha value is -2.35. The van der Waals surface area contributed by atoms with Crippen molar-refractivity contribution in [3.05, 3.63) is 71.8 Å². The summed E-state index contributed by atoms with van der Waals surface area (Å²) in [5, 5.41) is 0. The predicted octanol–water partition coefficient (Wildman–Crippen LogP) is 3.98. The number of carbonyl (C=O) groups excluding carboxylic acids is 1. The molecule has 0 aromatic heterocycles. The molecule has 0 heterocycles. The van der Waals surface area contributed by atoms with Crippen LogP contribution in [-0.2, 0) is 0 Å². The van der Waals surface area contributed by atoms with E-state index in [9.17, 15) is 4.79 Å². The number of rotatable bonds is 5. The fourth-order valence-corrected chi connectivity index (χ4v) is 1.77. The van der Waals surface area contributed by atoms with Gasteiger partial charge in [-0.1, -0.05) is 48.5 Å². The highest BCUT2D eigenvalue weighted by Gasteiger charge is 2.05. The van der Waals surface area contributed by atoms with Crippen LogP contribution in [0.1, 0.15) is 22.8 Å². The lowest BCUT2D eigenvalue weighted by Gasteiger charge is -2.07. The second kappa shape index (κ2) is 6.55. The van der Waals surface area contributed by atoms with Gasteiger partial charge in [0.2, 0.25) is 0 Å². The van der Waals surface area contributed by atoms with Gasteiger partial charge < -0.3 is 4.74 Å². The number of Topliss-reactive ketones (excluding diaryl/α,β-unsaturated/α-hetero) is 1. The Labute approximate surface area is 113 Å². The summed E-state index contributed by atoms with van der Waals surface area (Å²) in [5.41, 5.74) is 1.75. The Morgan fingerprint density at radius 1 is 1.05 bits per heavy atom. The SMILES string of the molecule is CC(=O)c1ccccc1OCC=Cc1ccccc1. The lowest BCUT2D eigenvalue weighted by molar-refractivity contribution is 0.101. The van der Waals surface area contributed by atoms with Gasteiger partial charge in [0, 0.05) is 0 Å². The van der Waals surface area contributed by atoms with Crippen molar-refractivity contribution in [2.45, 2.75) is 6.92 Å². The maximum absolute atomic E-state index is 11.4. The average Bonchev–Trinajstić information content (AvgIpc) is 2.45. The first kappa shape index (κ1) is 13.1. The van der Waals surface area contributed by atoms with Gasteiger partial charge in [0.25, 0.3) is 0 Å². The molecule has 19 heavy (non-hydrogen) atoms. The molecule has 2 aromatic carbocycles. The molecule has 2 nitrogen and oxygen atoms in total. The topological polar surface area (TPSA) is 26.3 Å². The third-order valence-corrected chi connectivity index (χ3v) is 2.71. The van der Waals surface area contributed by atoms with E-state index in [2.05, 4.69) is 0 Å². The maximum Gasteiger partial charge on any atom is 0.163 e. The second-order valence-corrected chi connectivity index (χ2v) is 4.18. The number of hydrogen-bond donors (Lipinski definition) is 0. The van der Waals surface area contributed by atoms with E-state index in [1.807, 2.05) is 60.7 Å². The van der Waals surface area contributed by atoms with Gasteiger partial charge in [0.1, 0.15) is 12.4 Å². The molecule has 0 N–H and O–H groups in total. The summed E-state index contributed by atoms with van der Waals surface area (Å²) in [6.07, 6.45) is 3.93. The normalized spacial score (nSPS) is 10.6. The zero-order valence-electron chi connectivity index (χ0n) is 10.9. The van der Waals surface area contributed by atoms with E-state index in [4.69, 9.17) is 4.74 Å². The van der Waals surface area contributed by atoms with Crippen molar-refractivity contribution in [3.63, 3.8) is 0 Å². The van der Waals surface area contributed by atoms with Crippen LogP contribution >= 0.6 is 0 Å². The first-order valence-corrected chi connectivity index (χ1v) is 6.22. The van der Waals surface area contributed by atoms with Crippen molar-refractivity contribution in [2.24, 2.45) is 0 Å². The highest BCUT2D eigenvalue weighted by atomic mass is 16.5. The molecule has 2 rings (SSSR count). The van der Waals surface area contributed by atoms with E-state index in [0.717, 1.165) is 5.56 Å². The summed E-state index contributed by atoms with van der Waals surface area (Å²) < 4.78 is 5.61. The van der Waals surface area contributed by atoms with Crippen molar-refractivity contribution >= 4 is 11.9 Å².